The number of amides is 1. The smallest absolute Gasteiger partial charge is 0.280 e. The third kappa shape index (κ3) is 3.75. The zero-order valence-corrected chi connectivity index (χ0v) is 15.0. The van der Waals surface area contributed by atoms with Gasteiger partial charge in [-0.05, 0) is 31.2 Å². The highest BCUT2D eigenvalue weighted by Crippen LogP contribution is 2.27. The van der Waals surface area contributed by atoms with E-state index in [0.717, 1.165) is 16.7 Å². The van der Waals surface area contributed by atoms with Gasteiger partial charge in [-0.15, -0.1) is 0 Å². The van der Waals surface area contributed by atoms with Gasteiger partial charge in [-0.25, -0.2) is 0 Å². The number of nitrogens with zero attached hydrogens (tertiary/aromatic N) is 3. The first-order valence-electron chi connectivity index (χ1n) is 8.48. The Morgan fingerprint density at radius 2 is 1.71 bits per heavy atom. The number of nitrogens with two attached hydrogens (primary N) is 1. The molecule has 1 amide bonds. The Kier molecular flexibility index (Phi) is 4.59. The lowest BCUT2D eigenvalue weighted by Gasteiger charge is -2.03. The predicted octanol–water partition coefficient (Wildman–Crippen LogP) is 3.23. The molecule has 0 aliphatic heterocycles. The number of rotatable bonds is 6. The van der Waals surface area contributed by atoms with Crippen molar-refractivity contribution in [3.63, 3.8) is 0 Å². The second kappa shape index (κ2) is 7.36. The summed E-state index contributed by atoms with van der Waals surface area (Å²) < 4.78 is 15.9. The molecule has 0 atom stereocenters. The molecule has 2 N–H and O–H groups in total. The van der Waals surface area contributed by atoms with Crippen LogP contribution in [0.5, 0.6) is 5.75 Å². The fourth-order valence-electron chi connectivity index (χ4n) is 2.53. The predicted molar refractivity (Wildman–Crippen MR) is 100 cm³/mol. The van der Waals surface area contributed by atoms with Crippen molar-refractivity contribution in [3.05, 3.63) is 60.2 Å². The van der Waals surface area contributed by atoms with Crippen LogP contribution in [0.1, 0.15) is 5.56 Å². The molecule has 8 nitrogen and oxygen atoms in total. The van der Waals surface area contributed by atoms with Crippen molar-refractivity contribution in [1.29, 1.82) is 0 Å². The maximum atomic E-state index is 10.8. The number of ether oxygens (including phenoxy) is 1. The van der Waals surface area contributed by atoms with Gasteiger partial charge in [-0.2, -0.15) is 4.98 Å². The quantitative estimate of drug-likeness (QED) is 0.549. The summed E-state index contributed by atoms with van der Waals surface area (Å²) in [5.41, 5.74) is 8.31. The Bertz CT molecular complexity index is 1100. The molecule has 0 saturated carbocycles. The molecule has 4 rings (SSSR count). The number of primary amides is 1. The van der Waals surface area contributed by atoms with Gasteiger partial charge < -0.3 is 19.5 Å². The van der Waals surface area contributed by atoms with Crippen LogP contribution < -0.4 is 10.5 Å². The fraction of sp³-hybridized carbons (Fsp3) is 0.100. The number of aryl methyl sites for hydroxylation is 1. The molecule has 4 aromatic rings. The summed E-state index contributed by atoms with van der Waals surface area (Å²) in [6.45, 7) is 1.84. The molecular weight excluding hydrogens is 360 g/mol. The van der Waals surface area contributed by atoms with Gasteiger partial charge in [-0.1, -0.05) is 40.1 Å². The van der Waals surface area contributed by atoms with Gasteiger partial charge in [0.25, 0.3) is 11.8 Å². The zero-order chi connectivity index (χ0) is 19.5. The molecule has 0 aliphatic carbocycles. The normalized spacial score (nSPS) is 10.8. The standard InChI is InChI=1S/C20H16N4O4/c1-12-2-4-13(5-3-12)17-10-16(23-27-17)20-22-19(24-28-20)14-6-8-15(9-7-14)26-11-18(21)25/h2-10H,11H2,1H3,(H2,21,25). The first kappa shape index (κ1) is 17.5. The molecule has 140 valence electrons. The fourth-order valence-corrected chi connectivity index (χ4v) is 2.53. The Hall–Kier alpha value is -3.94. The largest absolute Gasteiger partial charge is 0.484 e. The van der Waals surface area contributed by atoms with Gasteiger partial charge in [0, 0.05) is 17.2 Å². The van der Waals surface area contributed by atoms with Crippen molar-refractivity contribution in [2.45, 2.75) is 6.92 Å². The van der Waals surface area contributed by atoms with Crippen molar-refractivity contribution >= 4 is 5.91 Å². The molecule has 0 spiro atoms. The molecule has 8 heteroatoms. The maximum Gasteiger partial charge on any atom is 0.280 e. The van der Waals surface area contributed by atoms with E-state index in [1.54, 1.807) is 30.3 Å². The average Bonchev–Trinajstić information content (AvgIpc) is 3.37. The summed E-state index contributed by atoms with van der Waals surface area (Å²) >= 11 is 0. The molecule has 0 radical (unpaired) electrons. The Morgan fingerprint density at radius 1 is 1.00 bits per heavy atom. The summed E-state index contributed by atoms with van der Waals surface area (Å²) in [6.07, 6.45) is 0. The lowest BCUT2D eigenvalue weighted by atomic mass is 10.1. The minimum Gasteiger partial charge on any atom is -0.484 e. The Morgan fingerprint density at radius 3 is 2.43 bits per heavy atom. The van der Waals surface area contributed by atoms with Crippen LogP contribution in [-0.2, 0) is 4.79 Å². The average molecular weight is 376 g/mol. The van der Waals surface area contributed by atoms with E-state index in [2.05, 4.69) is 15.3 Å². The van der Waals surface area contributed by atoms with Crippen LogP contribution in [0.2, 0.25) is 0 Å². The van der Waals surface area contributed by atoms with Crippen LogP contribution in [0.25, 0.3) is 34.3 Å². The first-order chi connectivity index (χ1) is 13.6. The number of hydrogen-bond donors (Lipinski definition) is 1. The van der Waals surface area contributed by atoms with Crippen molar-refractivity contribution < 1.29 is 18.6 Å². The van der Waals surface area contributed by atoms with Gasteiger partial charge in [0.2, 0.25) is 5.82 Å². The van der Waals surface area contributed by atoms with Crippen LogP contribution in [-0.4, -0.2) is 27.8 Å². The van der Waals surface area contributed by atoms with Crippen LogP contribution in [0.15, 0.2) is 63.6 Å². The third-order valence-electron chi connectivity index (χ3n) is 3.98. The van der Waals surface area contributed by atoms with Crippen molar-refractivity contribution in [2.24, 2.45) is 5.73 Å². The van der Waals surface area contributed by atoms with Crippen LogP contribution in [0.4, 0.5) is 0 Å². The molecule has 0 aliphatic rings. The lowest BCUT2D eigenvalue weighted by molar-refractivity contribution is -0.119. The molecule has 2 aromatic heterocycles. The highest BCUT2D eigenvalue weighted by Gasteiger charge is 2.16. The summed E-state index contributed by atoms with van der Waals surface area (Å²) in [4.78, 5) is 15.1. The van der Waals surface area contributed by atoms with Gasteiger partial charge in [0.1, 0.15) is 5.75 Å². The van der Waals surface area contributed by atoms with Crippen LogP contribution >= 0.6 is 0 Å². The van der Waals surface area contributed by atoms with Crippen LogP contribution in [0, 0.1) is 6.92 Å². The second-order valence-electron chi connectivity index (χ2n) is 6.14. The van der Waals surface area contributed by atoms with E-state index in [0.29, 0.717) is 23.0 Å². The van der Waals surface area contributed by atoms with Crippen LogP contribution in [0.3, 0.4) is 0 Å². The summed E-state index contributed by atoms with van der Waals surface area (Å²) in [5.74, 6) is 1.25. The summed E-state index contributed by atoms with van der Waals surface area (Å²) in [5, 5.41) is 7.99. The highest BCUT2D eigenvalue weighted by atomic mass is 16.5. The van der Waals surface area contributed by atoms with Gasteiger partial charge in [-0.3, -0.25) is 4.79 Å². The molecule has 0 bridgehead atoms. The molecule has 0 saturated heterocycles. The van der Waals surface area contributed by atoms with Gasteiger partial charge in [0.05, 0.1) is 0 Å². The number of carbonyl (C=O) groups is 1. The monoisotopic (exact) mass is 376 g/mol. The van der Waals surface area contributed by atoms with E-state index in [4.69, 9.17) is 19.5 Å². The van der Waals surface area contributed by atoms with Gasteiger partial charge in [0.15, 0.2) is 18.1 Å². The van der Waals surface area contributed by atoms with E-state index >= 15 is 0 Å². The number of carbonyl (C=O) groups excluding carboxylic acids is 1. The first-order valence-corrected chi connectivity index (χ1v) is 8.48. The van der Waals surface area contributed by atoms with E-state index in [9.17, 15) is 4.79 Å². The summed E-state index contributed by atoms with van der Waals surface area (Å²) in [6, 6.07) is 16.6. The maximum absolute atomic E-state index is 10.8. The topological polar surface area (TPSA) is 117 Å². The molecule has 2 heterocycles. The molecule has 0 fully saturated rings. The lowest BCUT2D eigenvalue weighted by Crippen LogP contribution is -2.19. The summed E-state index contributed by atoms with van der Waals surface area (Å²) in [7, 11) is 0. The molecule has 2 aromatic carbocycles. The molecular formula is C20H16N4O4. The minimum atomic E-state index is -0.537. The number of aromatic nitrogens is 3. The second-order valence-corrected chi connectivity index (χ2v) is 6.14. The van der Waals surface area contributed by atoms with E-state index in [-0.39, 0.29) is 12.5 Å². The van der Waals surface area contributed by atoms with E-state index in [1.165, 1.54) is 0 Å². The van der Waals surface area contributed by atoms with E-state index < -0.39 is 5.91 Å². The zero-order valence-electron chi connectivity index (χ0n) is 15.0. The third-order valence-corrected chi connectivity index (χ3v) is 3.98. The number of benzene rings is 2. The van der Waals surface area contributed by atoms with Crippen molar-refractivity contribution in [1.82, 2.24) is 15.3 Å². The minimum absolute atomic E-state index is 0.179. The highest BCUT2D eigenvalue weighted by molar-refractivity contribution is 5.75. The number of hydrogen-bond acceptors (Lipinski definition) is 7. The van der Waals surface area contributed by atoms with Gasteiger partial charge >= 0.3 is 0 Å². The molecule has 0 unspecified atom stereocenters. The van der Waals surface area contributed by atoms with Crippen molar-refractivity contribution in [3.8, 4) is 40.0 Å². The Balaban J connectivity index is 1.51. The van der Waals surface area contributed by atoms with Crippen molar-refractivity contribution in [2.75, 3.05) is 6.61 Å². The molecule has 28 heavy (non-hydrogen) atoms. The van der Waals surface area contributed by atoms with E-state index in [1.807, 2.05) is 31.2 Å². The SMILES string of the molecule is Cc1ccc(-c2cc(-c3nc(-c4ccc(OCC(N)=O)cc4)no3)no2)cc1. The Labute approximate surface area is 159 Å².